The van der Waals surface area contributed by atoms with E-state index in [1.807, 2.05) is 0 Å². The summed E-state index contributed by atoms with van der Waals surface area (Å²) in [6.45, 7) is 0. The van der Waals surface area contributed by atoms with Crippen LogP contribution >= 0.6 is 0 Å². The fourth-order valence-electron chi connectivity index (χ4n) is 1.12. The number of nitrogens with zero attached hydrogens (tertiary/aromatic N) is 1. The van der Waals surface area contributed by atoms with E-state index in [0.29, 0.717) is 0 Å². The summed E-state index contributed by atoms with van der Waals surface area (Å²) < 4.78 is 18.0. The number of anilines is 1. The summed E-state index contributed by atoms with van der Waals surface area (Å²) in [6.07, 6.45) is 0. The number of rotatable bonds is 1. The van der Waals surface area contributed by atoms with Crippen LogP contribution in [0.3, 0.4) is 0 Å². The quantitative estimate of drug-likeness (QED) is 0.725. The van der Waals surface area contributed by atoms with Gasteiger partial charge in [-0.05, 0) is 18.2 Å². The minimum absolute atomic E-state index is 0.0450. The number of nitrogen functional groups attached to an aromatic ring is 1. The highest BCUT2D eigenvalue weighted by molar-refractivity contribution is 5.62. The lowest BCUT2D eigenvalue weighted by Gasteiger charge is -1.98. The van der Waals surface area contributed by atoms with E-state index < -0.39 is 5.82 Å². The number of phenols is 1. The molecule has 0 aliphatic heterocycles. The van der Waals surface area contributed by atoms with E-state index >= 15 is 0 Å². The van der Waals surface area contributed by atoms with Gasteiger partial charge in [0.05, 0.1) is 5.56 Å². The highest BCUT2D eigenvalue weighted by Crippen LogP contribution is 2.27. The average Bonchev–Trinajstić information content (AvgIpc) is 2.56. The molecular weight excluding hydrogens is 187 g/mol. The summed E-state index contributed by atoms with van der Waals surface area (Å²) in [4.78, 5) is 0. The SMILES string of the molecule is Nc1cc(-c2cc(O)ccc2F)on1. The Morgan fingerprint density at radius 2 is 2.14 bits per heavy atom. The summed E-state index contributed by atoms with van der Waals surface area (Å²) in [6, 6.07) is 5.02. The number of halogens is 1. The molecule has 0 saturated heterocycles. The van der Waals surface area contributed by atoms with Gasteiger partial charge in [0, 0.05) is 6.07 Å². The van der Waals surface area contributed by atoms with Crippen LogP contribution in [0.1, 0.15) is 0 Å². The number of aromatic hydroxyl groups is 1. The van der Waals surface area contributed by atoms with Crippen LogP contribution in [0.2, 0.25) is 0 Å². The van der Waals surface area contributed by atoms with E-state index in [2.05, 4.69) is 5.16 Å². The third kappa shape index (κ3) is 1.39. The van der Waals surface area contributed by atoms with Crippen LogP contribution < -0.4 is 5.73 Å². The summed E-state index contributed by atoms with van der Waals surface area (Å²) in [7, 11) is 0. The summed E-state index contributed by atoms with van der Waals surface area (Å²) in [5.41, 5.74) is 5.45. The number of nitrogens with two attached hydrogens (primary N) is 1. The Labute approximate surface area is 78.8 Å². The average molecular weight is 194 g/mol. The molecular formula is C9H7FN2O2. The molecule has 0 radical (unpaired) electrons. The van der Waals surface area contributed by atoms with E-state index in [1.165, 1.54) is 18.2 Å². The molecule has 0 unspecified atom stereocenters. The van der Waals surface area contributed by atoms with Crippen molar-refractivity contribution in [2.45, 2.75) is 0 Å². The van der Waals surface area contributed by atoms with Crippen LogP contribution in [-0.4, -0.2) is 10.3 Å². The standard InChI is InChI=1S/C9H7FN2O2/c10-7-2-1-5(13)3-6(7)8-4-9(11)12-14-8/h1-4,13H,(H2,11,12). The normalized spacial score (nSPS) is 10.4. The molecule has 0 saturated carbocycles. The van der Waals surface area contributed by atoms with Crippen molar-refractivity contribution >= 4 is 5.82 Å². The Balaban J connectivity index is 2.55. The Kier molecular flexibility index (Phi) is 1.85. The number of benzene rings is 1. The first-order valence-corrected chi connectivity index (χ1v) is 3.88. The van der Waals surface area contributed by atoms with Crippen molar-refractivity contribution in [2.24, 2.45) is 0 Å². The Morgan fingerprint density at radius 1 is 1.36 bits per heavy atom. The molecule has 2 rings (SSSR count). The van der Waals surface area contributed by atoms with Gasteiger partial charge < -0.3 is 15.4 Å². The number of hydrogen-bond donors (Lipinski definition) is 2. The van der Waals surface area contributed by atoms with Gasteiger partial charge in [0.15, 0.2) is 11.6 Å². The summed E-state index contributed by atoms with van der Waals surface area (Å²) >= 11 is 0. The summed E-state index contributed by atoms with van der Waals surface area (Å²) in [5, 5.41) is 12.6. The minimum Gasteiger partial charge on any atom is -0.508 e. The van der Waals surface area contributed by atoms with Gasteiger partial charge in [0.25, 0.3) is 0 Å². The lowest BCUT2D eigenvalue weighted by Crippen LogP contribution is -1.82. The van der Waals surface area contributed by atoms with Gasteiger partial charge in [-0.1, -0.05) is 5.16 Å². The van der Waals surface area contributed by atoms with Gasteiger partial charge in [0.2, 0.25) is 0 Å². The van der Waals surface area contributed by atoms with Gasteiger partial charge in [-0.2, -0.15) is 0 Å². The molecule has 4 nitrogen and oxygen atoms in total. The first-order valence-electron chi connectivity index (χ1n) is 3.88. The van der Waals surface area contributed by atoms with Gasteiger partial charge in [-0.15, -0.1) is 0 Å². The van der Waals surface area contributed by atoms with E-state index in [0.717, 1.165) is 6.07 Å². The van der Waals surface area contributed by atoms with Gasteiger partial charge in [-0.3, -0.25) is 0 Å². The van der Waals surface area contributed by atoms with Crippen molar-refractivity contribution in [1.82, 2.24) is 5.16 Å². The maximum Gasteiger partial charge on any atom is 0.172 e. The summed E-state index contributed by atoms with van der Waals surface area (Å²) in [5.74, 6) is -0.186. The van der Waals surface area contributed by atoms with Crippen LogP contribution in [0.4, 0.5) is 10.2 Å². The molecule has 0 aliphatic carbocycles. The molecule has 0 fully saturated rings. The molecule has 5 heteroatoms. The van der Waals surface area contributed by atoms with Crippen LogP contribution in [0.15, 0.2) is 28.8 Å². The minimum atomic E-state index is -0.501. The molecule has 1 aromatic carbocycles. The highest BCUT2D eigenvalue weighted by atomic mass is 19.1. The number of aromatic nitrogens is 1. The van der Waals surface area contributed by atoms with Crippen molar-refractivity contribution in [3.63, 3.8) is 0 Å². The molecule has 14 heavy (non-hydrogen) atoms. The van der Waals surface area contributed by atoms with Crippen molar-refractivity contribution in [3.05, 3.63) is 30.1 Å². The van der Waals surface area contributed by atoms with E-state index in [-0.39, 0.29) is 22.9 Å². The monoisotopic (exact) mass is 194 g/mol. The van der Waals surface area contributed by atoms with Crippen molar-refractivity contribution < 1.29 is 14.0 Å². The fraction of sp³-hybridized carbons (Fsp3) is 0. The molecule has 72 valence electrons. The second-order valence-corrected chi connectivity index (χ2v) is 2.78. The maximum absolute atomic E-state index is 13.2. The van der Waals surface area contributed by atoms with Crippen LogP contribution in [0.5, 0.6) is 5.75 Å². The lowest BCUT2D eigenvalue weighted by molar-refractivity contribution is 0.432. The number of hydrogen-bond acceptors (Lipinski definition) is 4. The van der Waals surface area contributed by atoms with Crippen LogP contribution in [-0.2, 0) is 0 Å². The van der Waals surface area contributed by atoms with Crippen molar-refractivity contribution in [1.29, 1.82) is 0 Å². The maximum atomic E-state index is 13.2. The molecule has 2 aromatic rings. The molecule has 0 bridgehead atoms. The molecule has 0 amide bonds. The predicted molar refractivity (Wildman–Crippen MR) is 48.0 cm³/mol. The van der Waals surface area contributed by atoms with Gasteiger partial charge in [0.1, 0.15) is 11.6 Å². The van der Waals surface area contributed by atoms with Gasteiger partial charge >= 0.3 is 0 Å². The smallest absolute Gasteiger partial charge is 0.172 e. The Hall–Kier alpha value is -2.04. The third-order valence-electron chi connectivity index (χ3n) is 1.74. The van der Waals surface area contributed by atoms with E-state index in [9.17, 15) is 4.39 Å². The Bertz CT molecular complexity index is 468. The molecule has 1 aromatic heterocycles. The van der Waals surface area contributed by atoms with E-state index in [1.54, 1.807) is 0 Å². The van der Waals surface area contributed by atoms with Gasteiger partial charge in [-0.25, -0.2) is 4.39 Å². The topological polar surface area (TPSA) is 72.3 Å². The van der Waals surface area contributed by atoms with Crippen LogP contribution in [0.25, 0.3) is 11.3 Å². The zero-order valence-corrected chi connectivity index (χ0v) is 7.07. The van der Waals surface area contributed by atoms with Crippen LogP contribution in [0, 0.1) is 5.82 Å². The highest BCUT2D eigenvalue weighted by Gasteiger charge is 2.10. The largest absolute Gasteiger partial charge is 0.508 e. The predicted octanol–water partition coefficient (Wildman–Crippen LogP) is 1.77. The fourth-order valence-corrected chi connectivity index (χ4v) is 1.12. The van der Waals surface area contributed by atoms with Crippen molar-refractivity contribution in [2.75, 3.05) is 5.73 Å². The first-order chi connectivity index (χ1) is 6.66. The van der Waals surface area contributed by atoms with Crippen molar-refractivity contribution in [3.8, 4) is 17.1 Å². The van der Waals surface area contributed by atoms with E-state index in [4.69, 9.17) is 15.4 Å². The Morgan fingerprint density at radius 3 is 2.79 bits per heavy atom. The first kappa shape index (κ1) is 8.55. The second kappa shape index (κ2) is 3.02. The zero-order valence-electron chi connectivity index (χ0n) is 7.07. The molecule has 0 atom stereocenters. The molecule has 0 spiro atoms. The molecule has 3 N–H and O–H groups in total. The molecule has 0 aliphatic rings. The number of phenolic OH excluding ortho intramolecular Hbond substituents is 1. The zero-order chi connectivity index (χ0) is 10.1. The third-order valence-corrected chi connectivity index (χ3v) is 1.74. The lowest BCUT2D eigenvalue weighted by atomic mass is 10.1. The second-order valence-electron chi connectivity index (χ2n) is 2.78. The molecule has 1 heterocycles.